The topological polar surface area (TPSA) is 44.9 Å². The molecular formula is C11H7BrF2N2O. The Morgan fingerprint density at radius 2 is 1.82 bits per heavy atom. The quantitative estimate of drug-likeness (QED) is 0.878. The van der Waals surface area contributed by atoms with Crippen molar-refractivity contribution in [1.82, 2.24) is 4.98 Å². The zero-order valence-corrected chi connectivity index (χ0v) is 10.0. The number of carbonyl (C=O) groups is 1. The lowest BCUT2D eigenvalue weighted by Gasteiger charge is -2.03. The molecule has 0 atom stereocenters. The van der Waals surface area contributed by atoms with E-state index in [-0.39, 0.29) is 5.69 Å². The highest BCUT2D eigenvalue weighted by atomic mass is 79.9. The summed E-state index contributed by atoms with van der Waals surface area (Å²) < 4.78 is 26.5. The summed E-state index contributed by atoms with van der Waals surface area (Å²) in [5.74, 6) is -1.96. The highest BCUT2D eigenvalue weighted by Crippen LogP contribution is 2.15. The SMILES string of the molecule is O=C(Nc1cc(F)cc(F)c1)c1cc(Br)c[nH]1. The maximum Gasteiger partial charge on any atom is 0.272 e. The average Bonchev–Trinajstić information content (AvgIpc) is 2.63. The summed E-state index contributed by atoms with van der Waals surface area (Å²) in [5, 5.41) is 2.38. The summed E-state index contributed by atoms with van der Waals surface area (Å²) in [5.41, 5.74) is 0.361. The van der Waals surface area contributed by atoms with Gasteiger partial charge in [0.15, 0.2) is 0 Å². The third-order valence-electron chi connectivity index (χ3n) is 2.01. The first-order chi connectivity index (χ1) is 8.04. The summed E-state index contributed by atoms with van der Waals surface area (Å²) in [4.78, 5) is 14.4. The highest BCUT2D eigenvalue weighted by molar-refractivity contribution is 9.10. The van der Waals surface area contributed by atoms with Gasteiger partial charge < -0.3 is 10.3 Å². The minimum absolute atomic E-state index is 0.0678. The van der Waals surface area contributed by atoms with Crippen LogP contribution in [-0.2, 0) is 0 Å². The summed E-state index contributed by atoms with van der Waals surface area (Å²) in [6, 6.07) is 4.38. The van der Waals surface area contributed by atoms with E-state index in [2.05, 4.69) is 26.2 Å². The van der Waals surface area contributed by atoms with Crippen LogP contribution in [0, 0.1) is 11.6 Å². The van der Waals surface area contributed by atoms with E-state index in [9.17, 15) is 13.6 Å². The van der Waals surface area contributed by atoms with Gasteiger partial charge in [0.25, 0.3) is 5.91 Å². The van der Waals surface area contributed by atoms with Crippen LogP contribution >= 0.6 is 15.9 Å². The second-order valence-corrected chi connectivity index (χ2v) is 4.26. The molecule has 0 aliphatic rings. The van der Waals surface area contributed by atoms with Crippen LogP contribution in [0.25, 0.3) is 0 Å². The van der Waals surface area contributed by atoms with Crippen LogP contribution in [0.1, 0.15) is 10.5 Å². The highest BCUT2D eigenvalue weighted by Gasteiger charge is 2.09. The van der Waals surface area contributed by atoms with E-state index in [0.717, 1.165) is 18.2 Å². The van der Waals surface area contributed by atoms with E-state index < -0.39 is 17.5 Å². The predicted octanol–water partition coefficient (Wildman–Crippen LogP) is 3.31. The average molecular weight is 301 g/mol. The number of hydrogen-bond donors (Lipinski definition) is 2. The number of nitrogens with one attached hydrogen (secondary N) is 2. The van der Waals surface area contributed by atoms with Crippen LogP contribution in [0.2, 0.25) is 0 Å². The van der Waals surface area contributed by atoms with E-state index in [4.69, 9.17) is 0 Å². The molecule has 17 heavy (non-hydrogen) atoms. The molecule has 1 aromatic heterocycles. The zero-order chi connectivity index (χ0) is 12.4. The van der Waals surface area contributed by atoms with Crippen molar-refractivity contribution in [3.05, 3.63) is 52.3 Å². The Morgan fingerprint density at radius 1 is 1.18 bits per heavy atom. The lowest BCUT2D eigenvalue weighted by Crippen LogP contribution is -2.12. The number of halogens is 3. The van der Waals surface area contributed by atoms with Crippen molar-refractivity contribution in [3.8, 4) is 0 Å². The fourth-order valence-electron chi connectivity index (χ4n) is 1.32. The monoisotopic (exact) mass is 300 g/mol. The lowest BCUT2D eigenvalue weighted by atomic mass is 10.3. The number of aromatic nitrogens is 1. The Kier molecular flexibility index (Phi) is 3.23. The second-order valence-electron chi connectivity index (χ2n) is 3.34. The van der Waals surface area contributed by atoms with Crippen molar-refractivity contribution in [2.24, 2.45) is 0 Å². The summed E-state index contributed by atoms with van der Waals surface area (Å²) in [6.07, 6.45) is 1.58. The van der Waals surface area contributed by atoms with Gasteiger partial charge in [-0.05, 0) is 34.1 Å². The van der Waals surface area contributed by atoms with Gasteiger partial charge in [0.05, 0.1) is 0 Å². The molecule has 3 nitrogen and oxygen atoms in total. The third-order valence-corrected chi connectivity index (χ3v) is 2.47. The zero-order valence-electron chi connectivity index (χ0n) is 8.43. The van der Waals surface area contributed by atoms with Gasteiger partial charge in [0.1, 0.15) is 17.3 Å². The molecule has 1 heterocycles. The number of amides is 1. The lowest BCUT2D eigenvalue weighted by molar-refractivity contribution is 0.102. The van der Waals surface area contributed by atoms with Crippen LogP contribution in [-0.4, -0.2) is 10.9 Å². The smallest absolute Gasteiger partial charge is 0.272 e. The number of hydrogen-bond acceptors (Lipinski definition) is 1. The molecule has 6 heteroatoms. The predicted molar refractivity (Wildman–Crippen MR) is 62.8 cm³/mol. The van der Waals surface area contributed by atoms with Gasteiger partial charge >= 0.3 is 0 Å². The molecule has 1 aromatic carbocycles. The molecule has 88 valence electrons. The first-order valence-electron chi connectivity index (χ1n) is 4.66. The minimum Gasteiger partial charge on any atom is -0.356 e. The Labute approximate surface area is 104 Å². The Hall–Kier alpha value is -1.69. The van der Waals surface area contributed by atoms with Crippen LogP contribution in [0.15, 0.2) is 34.9 Å². The van der Waals surface area contributed by atoms with Gasteiger partial charge in [-0.25, -0.2) is 8.78 Å². The summed E-state index contributed by atoms with van der Waals surface area (Å²) >= 11 is 3.18. The van der Waals surface area contributed by atoms with E-state index >= 15 is 0 Å². The second kappa shape index (κ2) is 4.67. The van der Waals surface area contributed by atoms with Crippen molar-refractivity contribution >= 4 is 27.5 Å². The van der Waals surface area contributed by atoms with Crippen molar-refractivity contribution in [3.63, 3.8) is 0 Å². The number of carbonyl (C=O) groups excluding carboxylic acids is 1. The molecule has 0 spiro atoms. The molecular weight excluding hydrogens is 294 g/mol. The molecule has 0 bridgehead atoms. The summed E-state index contributed by atoms with van der Waals surface area (Å²) in [7, 11) is 0. The van der Waals surface area contributed by atoms with Gasteiger partial charge in [0, 0.05) is 22.4 Å². The number of aromatic amines is 1. The van der Waals surface area contributed by atoms with Gasteiger partial charge in [-0.2, -0.15) is 0 Å². The molecule has 1 amide bonds. The van der Waals surface area contributed by atoms with E-state index in [0.29, 0.717) is 10.2 Å². The maximum absolute atomic E-state index is 12.9. The van der Waals surface area contributed by atoms with Gasteiger partial charge in [-0.15, -0.1) is 0 Å². The van der Waals surface area contributed by atoms with Crippen molar-refractivity contribution < 1.29 is 13.6 Å². The number of rotatable bonds is 2. The third kappa shape index (κ3) is 2.91. The van der Waals surface area contributed by atoms with E-state index in [1.165, 1.54) is 0 Å². The first-order valence-corrected chi connectivity index (χ1v) is 5.45. The van der Waals surface area contributed by atoms with Crippen molar-refractivity contribution in [2.45, 2.75) is 0 Å². The van der Waals surface area contributed by atoms with E-state index in [1.807, 2.05) is 0 Å². The number of benzene rings is 1. The number of anilines is 1. The van der Waals surface area contributed by atoms with Crippen LogP contribution in [0.3, 0.4) is 0 Å². The molecule has 0 saturated carbocycles. The van der Waals surface area contributed by atoms with Crippen LogP contribution in [0.5, 0.6) is 0 Å². The standard InChI is InChI=1S/C11H7BrF2N2O/c12-6-1-10(15-5-6)11(17)16-9-3-7(13)2-8(14)4-9/h1-5,15H,(H,16,17). The normalized spacial score (nSPS) is 10.3. The molecule has 0 aliphatic carbocycles. The summed E-state index contributed by atoms with van der Waals surface area (Å²) in [6.45, 7) is 0. The van der Waals surface area contributed by atoms with Gasteiger partial charge in [-0.3, -0.25) is 4.79 Å². The maximum atomic E-state index is 12.9. The Morgan fingerprint density at radius 3 is 2.35 bits per heavy atom. The molecule has 0 radical (unpaired) electrons. The first kappa shape index (κ1) is 11.8. The van der Waals surface area contributed by atoms with E-state index in [1.54, 1.807) is 12.3 Å². The van der Waals surface area contributed by atoms with Crippen LogP contribution < -0.4 is 5.32 Å². The Bertz CT molecular complexity index is 548. The molecule has 2 N–H and O–H groups in total. The number of H-pyrrole nitrogens is 1. The largest absolute Gasteiger partial charge is 0.356 e. The fraction of sp³-hybridized carbons (Fsp3) is 0. The minimum atomic E-state index is -0.743. The molecule has 0 aliphatic heterocycles. The molecule has 2 aromatic rings. The molecule has 2 rings (SSSR count). The van der Waals surface area contributed by atoms with Gasteiger partial charge in [0.2, 0.25) is 0 Å². The van der Waals surface area contributed by atoms with Crippen molar-refractivity contribution in [2.75, 3.05) is 5.32 Å². The fourth-order valence-corrected chi connectivity index (χ4v) is 1.67. The Balaban J connectivity index is 2.18. The van der Waals surface area contributed by atoms with Crippen LogP contribution in [0.4, 0.5) is 14.5 Å². The molecule has 0 saturated heterocycles. The van der Waals surface area contributed by atoms with Gasteiger partial charge in [-0.1, -0.05) is 0 Å². The molecule has 0 unspecified atom stereocenters. The molecule has 0 fully saturated rings. The van der Waals surface area contributed by atoms with Crippen molar-refractivity contribution in [1.29, 1.82) is 0 Å².